The minimum absolute atomic E-state index is 0.111. The van der Waals surface area contributed by atoms with Crippen LogP contribution in [0.1, 0.15) is 12.2 Å². The second-order valence-electron chi connectivity index (χ2n) is 2.10. The zero-order valence-electron chi connectivity index (χ0n) is 5.71. The Balaban J connectivity index is 2.45. The molecule has 0 spiro atoms. The maximum absolute atomic E-state index is 10.1. The van der Waals surface area contributed by atoms with Gasteiger partial charge in [0.15, 0.2) is 4.67 Å². The van der Waals surface area contributed by atoms with Crippen molar-refractivity contribution in [2.24, 2.45) is 0 Å². The summed E-state index contributed by atoms with van der Waals surface area (Å²) < 4.78 is 5.72. The van der Waals surface area contributed by atoms with E-state index < -0.39 is 5.97 Å². The van der Waals surface area contributed by atoms with Crippen molar-refractivity contribution in [3.63, 3.8) is 0 Å². The number of hydrogen-bond acceptors (Lipinski definition) is 2. The van der Waals surface area contributed by atoms with Crippen molar-refractivity contribution in [1.29, 1.82) is 0 Å². The average molecular weight is 219 g/mol. The van der Waals surface area contributed by atoms with Gasteiger partial charge in [0.05, 0.1) is 6.42 Å². The van der Waals surface area contributed by atoms with Crippen LogP contribution in [0, 0.1) is 0 Å². The molecule has 11 heavy (non-hydrogen) atoms. The highest BCUT2D eigenvalue weighted by molar-refractivity contribution is 9.10. The van der Waals surface area contributed by atoms with E-state index in [0.29, 0.717) is 16.9 Å². The number of aryl methyl sites for hydroxylation is 1. The summed E-state index contributed by atoms with van der Waals surface area (Å²) in [5.74, 6) is -0.114. The summed E-state index contributed by atoms with van der Waals surface area (Å²) in [6, 6.07) is 3.50. The Hall–Kier alpha value is -0.770. The molecule has 60 valence electrons. The molecule has 1 aromatic rings. The largest absolute Gasteiger partial charge is 0.481 e. The van der Waals surface area contributed by atoms with Crippen LogP contribution in [0.4, 0.5) is 0 Å². The minimum Gasteiger partial charge on any atom is -0.481 e. The maximum Gasteiger partial charge on any atom is 0.303 e. The second-order valence-corrected chi connectivity index (χ2v) is 2.88. The predicted octanol–water partition coefficient (Wildman–Crippen LogP) is 2.06. The standard InChI is InChI=1S/C7H7BrO3/c8-6-3-1-5(11-6)2-4-7(9)10/h1,3H,2,4H2,(H,9,10). The molecule has 0 saturated heterocycles. The van der Waals surface area contributed by atoms with E-state index in [1.165, 1.54) is 0 Å². The van der Waals surface area contributed by atoms with Crippen LogP contribution >= 0.6 is 15.9 Å². The molecule has 1 heterocycles. The molecule has 0 saturated carbocycles. The van der Waals surface area contributed by atoms with Gasteiger partial charge in [-0.25, -0.2) is 0 Å². The molecular formula is C7H7BrO3. The van der Waals surface area contributed by atoms with Crippen molar-refractivity contribution in [2.75, 3.05) is 0 Å². The molecular weight excluding hydrogens is 212 g/mol. The number of hydrogen-bond donors (Lipinski definition) is 1. The van der Waals surface area contributed by atoms with Crippen LogP contribution in [0.25, 0.3) is 0 Å². The van der Waals surface area contributed by atoms with Crippen LogP contribution < -0.4 is 0 Å². The third-order valence-electron chi connectivity index (χ3n) is 1.21. The van der Waals surface area contributed by atoms with Crippen molar-refractivity contribution in [3.05, 3.63) is 22.6 Å². The van der Waals surface area contributed by atoms with E-state index in [0.717, 1.165) is 0 Å². The number of halogens is 1. The number of carboxylic acid groups (broad SMARTS) is 1. The van der Waals surface area contributed by atoms with E-state index in [9.17, 15) is 4.79 Å². The molecule has 0 aliphatic heterocycles. The maximum atomic E-state index is 10.1. The highest BCUT2D eigenvalue weighted by Gasteiger charge is 2.02. The highest BCUT2D eigenvalue weighted by atomic mass is 79.9. The number of carbonyl (C=O) groups is 1. The summed E-state index contributed by atoms with van der Waals surface area (Å²) in [7, 11) is 0. The van der Waals surface area contributed by atoms with Crippen LogP contribution in [0.2, 0.25) is 0 Å². The monoisotopic (exact) mass is 218 g/mol. The third-order valence-corrected chi connectivity index (χ3v) is 1.64. The van der Waals surface area contributed by atoms with E-state index in [1.54, 1.807) is 12.1 Å². The Kier molecular flexibility index (Phi) is 2.70. The Bertz CT molecular complexity index is 254. The molecule has 4 heteroatoms. The van der Waals surface area contributed by atoms with Gasteiger partial charge in [-0.2, -0.15) is 0 Å². The first-order valence-electron chi connectivity index (χ1n) is 3.14. The van der Waals surface area contributed by atoms with Crippen molar-refractivity contribution < 1.29 is 14.3 Å². The molecule has 1 N–H and O–H groups in total. The zero-order chi connectivity index (χ0) is 8.27. The summed E-state index contributed by atoms with van der Waals surface area (Å²) >= 11 is 3.13. The van der Waals surface area contributed by atoms with Crippen LogP contribution in [-0.2, 0) is 11.2 Å². The molecule has 0 radical (unpaired) electrons. The van der Waals surface area contributed by atoms with Crippen LogP contribution in [0.15, 0.2) is 21.2 Å². The first-order chi connectivity index (χ1) is 5.18. The molecule has 3 nitrogen and oxygen atoms in total. The number of aliphatic carboxylic acids is 1. The molecule has 0 amide bonds. The molecule has 1 aromatic heterocycles. The fourth-order valence-corrected chi connectivity index (χ4v) is 1.06. The lowest BCUT2D eigenvalue weighted by molar-refractivity contribution is -0.137. The average Bonchev–Trinajstić information content (AvgIpc) is 2.31. The van der Waals surface area contributed by atoms with E-state index in [-0.39, 0.29) is 6.42 Å². The predicted molar refractivity (Wildman–Crippen MR) is 42.4 cm³/mol. The van der Waals surface area contributed by atoms with Crippen molar-refractivity contribution in [2.45, 2.75) is 12.8 Å². The number of carboxylic acids is 1. The first kappa shape index (κ1) is 8.33. The fraction of sp³-hybridized carbons (Fsp3) is 0.286. The van der Waals surface area contributed by atoms with E-state index in [4.69, 9.17) is 9.52 Å². The van der Waals surface area contributed by atoms with Gasteiger partial charge in [-0.3, -0.25) is 4.79 Å². The summed E-state index contributed by atoms with van der Waals surface area (Å²) in [4.78, 5) is 10.1. The molecule has 0 aromatic carbocycles. The number of rotatable bonds is 3. The highest BCUT2D eigenvalue weighted by Crippen LogP contribution is 2.14. The topological polar surface area (TPSA) is 50.4 Å². The zero-order valence-corrected chi connectivity index (χ0v) is 7.30. The molecule has 0 unspecified atom stereocenters. The second kappa shape index (κ2) is 3.57. The fourth-order valence-electron chi connectivity index (χ4n) is 0.716. The van der Waals surface area contributed by atoms with E-state index >= 15 is 0 Å². The van der Waals surface area contributed by atoms with Gasteiger partial charge >= 0.3 is 5.97 Å². The van der Waals surface area contributed by atoms with Crippen LogP contribution in [-0.4, -0.2) is 11.1 Å². The van der Waals surface area contributed by atoms with Gasteiger partial charge in [0.1, 0.15) is 5.76 Å². The van der Waals surface area contributed by atoms with Crippen LogP contribution in [0.5, 0.6) is 0 Å². The van der Waals surface area contributed by atoms with Gasteiger partial charge in [0.25, 0.3) is 0 Å². The lowest BCUT2D eigenvalue weighted by Crippen LogP contribution is -1.95. The number of furan rings is 1. The normalized spacial score (nSPS) is 9.91. The molecule has 0 aliphatic carbocycles. The smallest absolute Gasteiger partial charge is 0.303 e. The first-order valence-corrected chi connectivity index (χ1v) is 3.94. The van der Waals surface area contributed by atoms with Crippen molar-refractivity contribution >= 4 is 21.9 Å². The summed E-state index contributed by atoms with van der Waals surface area (Å²) in [6.07, 6.45) is 0.556. The Morgan fingerprint density at radius 2 is 2.36 bits per heavy atom. The van der Waals surface area contributed by atoms with Crippen LogP contribution in [0.3, 0.4) is 0 Å². The van der Waals surface area contributed by atoms with Crippen molar-refractivity contribution in [1.82, 2.24) is 0 Å². The van der Waals surface area contributed by atoms with Gasteiger partial charge in [-0.05, 0) is 28.1 Å². The molecule has 1 rings (SSSR count). The summed E-state index contributed by atoms with van der Waals surface area (Å²) in [6.45, 7) is 0. The van der Waals surface area contributed by atoms with Crippen molar-refractivity contribution in [3.8, 4) is 0 Å². The molecule has 0 fully saturated rings. The van der Waals surface area contributed by atoms with Gasteiger partial charge in [-0.1, -0.05) is 0 Å². The summed E-state index contributed by atoms with van der Waals surface area (Å²) in [5.41, 5.74) is 0. The van der Waals surface area contributed by atoms with Gasteiger partial charge in [0.2, 0.25) is 0 Å². The minimum atomic E-state index is -0.808. The molecule has 0 aliphatic rings. The van der Waals surface area contributed by atoms with E-state index in [1.807, 2.05) is 0 Å². The van der Waals surface area contributed by atoms with E-state index in [2.05, 4.69) is 15.9 Å². The lowest BCUT2D eigenvalue weighted by atomic mass is 10.2. The Labute approximate surface area is 72.1 Å². The van der Waals surface area contributed by atoms with Gasteiger partial charge < -0.3 is 9.52 Å². The molecule has 0 atom stereocenters. The summed E-state index contributed by atoms with van der Waals surface area (Å²) in [5, 5.41) is 8.33. The SMILES string of the molecule is O=C(O)CCc1ccc(Br)o1. The van der Waals surface area contributed by atoms with Gasteiger partial charge in [-0.15, -0.1) is 0 Å². The molecule has 0 bridgehead atoms. The lowest BCUT2D eigenvalue weighted by Gasteiger charge is -1.90. The quantitative estimate of drug-likeness (QED) is 0.846. The Morgan fingerprint density at radius 3 is 2.82 bits per heavy atom. The Morgan fingerprint density at radius 1 is 1.64 bits per heavy atom. The third kappa shape index (κ3) is 2.76. The van der Waals surface area contributed by atoms with Gasteiger partial charge in [0, 0.05) is 6.42 Å².